The summed E-state index contributed by atoms with van der Waals surface area (Å²) in [7, 11) is -3.64. The van der Waals surface area contributed by atoms with Crippen LogP contribution in [0.25, 0.3) is 0 Å². The van der Waals surface area contributed by atoms with Gasteiger partial charge < -0.3 is 10.0 Å². The SMILES string of the molecule is Cc1ccc(C)c(S(=O)(=O)NCCC(=O)N2CCC(C(O)c3ccccc3)CC2)c1. The number of aryl methyl sites for hydroxylation is 2. The minimum atomic E-state index is -3.64. The van der Waals surface area contributed by atoms with Crippen LogP contribution in [0.2, 0.25) is 0 Å². The fourth-order valence-corrected chi connectivity index (χ4v) is 5.27. The molecule has 1 aliphatic rings. The molecule has 0 aromatic heterocycles. The number of rotatable bonds is 7. The number of amides is 1. The second-order valence-corrected chi connectivity index (χ2v) is 9.73. The van der Waals surface area contributed by atoms with Crippen molar-refractivity contribution < 1.29 is 18.3 Å². The molecule has 3 rings (SSSR count). The first-order valence-electron chi connectivity index (χ1n) is 10.4. The van der Waals surface area contributed by atoms with E-state index in [1.807, 2.05) is 43.3 Å². The van der Waals surface area contributed by atoms with Crippen LogP contribution in [0.15, 0.2) is 53.4 Å². The molecule has 1 atom stereocenters. The third kappa shape index (κ3) is 5.47. The third-order valence-corrected chi connectivity index (χ3v) is 7.35. The lowest BCUT2D eigenvalue weighted by molar-refractivity contribution is -0.133. The van der Waals surface area contributed by atoms with Crippen LogP contribution in [0.5, 0.6) is 0 Å². The van der Waals surface area contributed by atoms with Gasteiger partial charge in [0.05, 0.1) is 11.0 Å². The number of sulfonamides is 1. The Kier molecular flexibility index (Phi) is 7.28. The van der Waals surface area contributed by atoms with E-state index in [9.17, 15) is 18.3 Å². The maximum atomic E-state index is 12.6. The van der Waals surface area contributed by atoms with Gasteiger partial charge in [0.25, 0.3) is 0 Å². The molecule has 7 heteroatoms. The van der Waals surface area contributed by atoms with Crippen molar-refractivity contribution in [3.63, 3.8) is 0 Å². The first kappa shape index (κ1) is 22.5. The van der Waals surface area contributed by atoms with Crippen molar-refractivity contribution in [3.05, 3.63) is 65.2 Å². The molecule has 6 nitrogen and oxygen atoms in total. The number of hydrogen-bond acceptors (Lipinski definition) is 4. The molecular weight excluding hydrogens is 400 g/mol. The minimum Gasteiger partial charge on any atom is -0.388 e. The van der Waals surface area contributed by atoms with Crippen molar-refractivity contribution in [3.8, 4) is 0 Å². The monoisotopic (exact) mass is 430 g/mol. The largest absolute Gasteiger partial charge is 0.388 e. The summed E-state index contributed by atoms with van der Waals surface area (Å²) < 4.78 is 27.7. The van der Waals surface area contributed by atoms with Gasteiger partial charge in [-0.25, -0.2) is 13.1 Å². The molecule has 0 saturated carbocycles. The fourth-order valence-electron chi connectivity index (χ4n) is 3.91. The summed E-state index contributed by atoms with van der Waals surface area (Å²) in [6.45, 7) is 4.84. The van der Waals surface area contributed by atoms with Crippen LogP contribution in [0.1, 0.15) is 42.1 Å². The molecule has 2 N–H and O–H groups in total. The summed E-state index contributed by atoms with van der Waals surface area (Å²) in [6.07, 6.45) is 1.06. The van der Waals surface area contributed by atoms with Crippen molar-refractivity contribution in [1.82, 2.24) is 9.62 Å². The normalized spacial score (nSPS) is 16.4. The van der Waals surface area contributed by atoms with E-state index >= 15 is 0 Å². The first-order valence-corrected chi connectivity index (χ1v) is 11.8. The van der Waals surface area contributed by atoms with Gasteiger partial charge in [0.15, 0.2) is 0 Å². The van der Waals surface area contributed by atoms with E-state index in [2.05, 4.69) is 4.72 Å². The Balaban J connectivity index is 1.48. The van der Waals surface area contributed by atoms with Crippen LogP contribution in [-0.4, -0.2) is 44.0 Å². The fraction of sp³-hybridized carbons (Fsp3) is 0.435. The maximum Gasteiger partial charge on any atom is 0.240 e. The minimum absolute atomic E-state index is 0.0636. The molecule has 0 aliphatic carbocycles. The molecule has 162 valence electrons. The summed E-state index contributed by atoms with van der Waals surface area (Å²) in [5.74, 6) is 0.0607. The van der Waals surface area contributed by atoms with Gasteiger partial charge >= 0.3 is 0 Å². The summed E-state index contributed by atoms with van der Waals surface area (Å²) in [6, 6.07) is 14.9. The van der Waals surface area contributed by atoms with Gasteiger partial charge in [-0.2, -0.15) is 0 Å². The molecule has 0 bridgehead atoms. The molecule has 1 amide bonds. The lowest BCUT2D eigenvalue weighted by Gasteiger charge is -2.34. The topological polar surface area (TPSA) is 86.7 Å². The van der Waals surface area contributed by atoms with E-state index in [4.69, 9.17) is 0 Å². The molecule has 0 spiro atoms. The number of piperidine rings is 1. The quantitative estimate of drug-likeness (QED) is 0.707. The zero-order valence-electron chi connectivity index (χ0n) is 17.5. The number of nitrogens with zero attached hydrogens (tertiary/aromatic N) is 1. The lowest BCUT2D eigenvalue weighted by Crippen LogP contribution is -2.41. The maximum absolute atomic E-state index is 12.6. The van der Waals surface area contributed by atoms with E-state index in [0.29, 0.717) is 18.7 Å². The van der Waals surface area contributed by atoms with Gasteiger partial charge in [-0.3, -0.25) is 4.79 Å². The Labute approximate surface area is 179 Å². The number of aliphatic hydroxyl groups is 1. The molecule has 2 aromatic rings. The van der Waals surface area contributed by atoms with Crippen LogP contribution in [0.4, 0.5) is 0 Å². The molecule has 0 radical (unpaired) electrons. The van der Waals surface area contributed by atoms with Crippen molar-refractivity contribution in [2.75, 3.05) is 19.6 Å². The Bertz CT molecular complexity index is 968. The number of benzene rings is 2. The Morgan fingerprint density at radius 1 is 1.13 bits per heavy atom. The lowest BCUT2D eigenvalue weighted by atomic mass is 9.87. The third-order valence-electron chi connectivity index (χ3n) is 5.74. The molecule has 30 heavy (non-hydrogen) atoms. The van der Waals surface area contributed by atoms with Gasteiger partial charge in [-0.05, 0) is 55.4 Å². The van der Waals surface area contributed by atoms with E-state index in [0.717, 1.165) is 24.0 Å². The average molecular weight is 431 g/mol. The van der Waals surface area contributed by atoms with Crippen LogP contribution < -0.4 is 4.72 Å². The van der Waals surface area contributed by atoms with Gasteiger partial charge in [0, 0.05) is 26.1 Å². The number of carbonyl (C=O) groups is 1. The van der Waals surface area contributed by atoms with Crippen molar-refractivity contribution in [1.29, 1.82) is 0 Å². The van der Waals surface area contributed by atoms with Crippen LogP contribution in [-0.2, 0) is 14.8 Å². The van der Waals surface area contributed by atoms with E-state index in [1.165, 1.54) is 0 Å². The van der Waals surface area contributed by atoms with Gasteiger partial charge in [-0.15, -0.1) is 0 Å². The predicted octanol–water partition coefficient (Wildman–Crippen LogP) is 2.94. The van der Waals surface area contributed by atoms with Crippen LogP contribution >= 0.6 is 0 Å². The Morgan fingerprint density at radius 3 is 2.47 bits per heavy atom. The zero-order valence-corrected chi connectivity index (χ0v) is 18.4. The second kappa shape index (κ2) is 9.73. The molecule has 1 heterocycles. The van der Waals surface area contributed by atoms with E-state index < -0.39 is 16.1 Å². The summed E-state index contributed by atoms with van der Waals surface area (Å²) in [4.78, 5) is 14.5. The number of likely N-dealkylation sites (tertiary alicyclic amines) is 1. The molecule has 1 fully saturated rings. The highest BCUT2D eigenvalue weighted by molar-refractivity contribution is 7.89. The predicted molar refractivity (Wildman–Crippen MR) is 116 cm³/mol. The average Bonchev–Trinajstić information content (AvgIpc) is 2.75. The van der Waals surface area contributed by atoms with Gasteiger partial charge in [0.2, 0.25) is 15.9 Å². The standard InChI is InChI=1S/C23H30N2O4S/c1-17-8-9-18(2)21(16-17)30(28,29)24-13-10-22(26)25-14-11-20(12-15-25)23(27)19-6-4-3-5-7-19/h3-9,16,20,23-24,27H,10-15H2,1-2H3. The van der Waals surface area contributed by atoms with E-state index in [1.54, 1.807) is 24.0 Å². The van der Waals surface area contributed by atoms with Crippen LogP contribution in [0, 0.1) is 19.8 Å². The van der Waals surface area contributed by atoms with Crippen molar-refractivity contribution in [2.45, 2.75) is 44.1 Å². The number of carbonyl (C=O) groups excluding carboxylic acids is 1. The summed E-state index contributed by atoms with van der Waals surface area (Å²) >= 11 is 0. The first-order chi connectivity index (χ1) is 14.3. The molecule has 2 aromatic carbocycles. The van der Waals surface area contributed by atoms with E-state index in [-0.39, 0.29) is 29.7 Å². The van der Waals surface area contributed by atoms with Gasteiger partial charge in [0.1, 0.15) is 0 Å². The number of aliphatic hydroxyl groups excluding tert-OH is 1. The smallest absolute Gasteiger partial charge is 0.240 e. The molecule has 1 aliphatic heterocycles. The summed E-state index contributed by atoms with van der Waals surface area (Å²) in [5, 5.41) is 10.6. The van der Waals surface area contributed by atoms with Crippen LogP contribution in [0.3, 0.4) is 0 Å². The van der Waals surface area contributed by atoms with Gasteiger partial charge in [-0.1, -0.05) is 42.5 Å². The second-order valence-electron chi connectivity index (χ2n) is 7.99. The molecule has 1 unspecified atom stereocenters. The van der Waals surface area contributed by atoms with Crippen molar-refractivity contribution >= 4 is 15.9 Å². The molecular formula is C23H30N2O4S. The molecule has 1 saturated heterocycles. The summed E-state index contributed by atoms with van der Waals surface area (Å²) in [5.41, 5.74) is 2.46. The zero-order chi connectivity index (χ0) is 21.7. The number of nitrogens with one attached hydrogen (secondary N) is 1. The Hall–Kier alpha value is -2.22. The number of hydrogen-bond donors (Lipinski definition) is 2. The van der Waals surface area contributed by atoms with Crippen molar-refractivity contribution in [2.24, 2.45) is 5.92 Å². The highest BCUT2D eigenvalue weighted by Crippen LogP contribution is 2.30. The highest BCUT2D eigenvalue weighted by atomic mass is 32.2. The Morgan fingerprint density at radius 2 is 1.80 bits per heavy atom. The highest BCUT2D eigenvalue weighted by Gasteiger charge is 2.28.